The fourth-order valence-corrected chi connectivity index (χ4v) is 4.95. The van der Waals surface area contributed by atoms with Crippen LogP contribution in [-0.2, 0) is 4.79 Å². The average Bonchev–Trinajstić information content (AvgIpc) is 3.30. The van der Waals surface area contributed by atoms with E-state index in [0.717, 1.165) is 74.4 Å². The van der Waals surface area contributed by atoms with Crippen LogP contribution in [0.15, 0.2) is 54.6 Å². The van der Waals surface area contributed by atoms with Crippen LogP contribution >= 0.6 is 0 Å². The van der Waals surface area contributed by atoms with Crippen molar-refractivity contribution in [1.82, 2.24) is 25.1 Å². The predicted octanol–water partition coefficient (Wildman–Crippen LogP) is 3.56. The Morgan fingerprint density at radius 2 is 1.62 bits per heavy atom. The zero-order chi connectivity index (χ0) is 23.3. The Morgan fingerprint density at radius 3 is 2.35 bits per heavy atom. The first kappa shape index (κ1) is 22.4. The van der Waals surface area contributed by atoms with Crippen LogP contribution in [0.3, 0.4) is 0 Å². The van der Waals surface area contributed by atoms with E-state index in [1.165, 1.54) is 0 Å². The van der Waals surface area contributed by atoms with E-state index in [4.69, 9.17) is 4.98 Å². The highest BCUT2D eigenvalue weighted by atomic mass is 16.2. The van der Waals surface area contributed by atoms with Crippen LogP contribution in [0.4, 0.5) is 10.5 Å². The highest BCUT2D eigenvalue weighted by Crippen LogP contribution is 2.27. The fraction of sp³-hybridized carbons (Fsp3) is 0.423. The van der Waals surface area contributed by atoms with Crippen molar-refractivity contribution in [3.05, 3.63) is 60.4 Å². The van der Waals surface area contributed by atoms with Gasteiger partial charge in [-0.15, -0.1) is 0 Å². The molecule has 1 aromatic heterocycles. The van der Waals surface area contributed by atoms with Crippen LogP contribution < -0.4 is 10.6 Å². The summed E-state index contributed by atoms with van der Waals surface area (Å²) < 4.78 is 0. The van der Waals surface area contributed by atoms with E-state index in [2.05, 4.69) is 26.6 Å². The van der Waals surface area contributed by atoms with Crippen molar-refractivity contribution in [2.45, 2.75) is 37.6 Å². The molecule has 3 N–H and O–H groups in total. The quantitative estimate of drug-likeness (QED) is 0.543. The van der Waals surface area contributed by atoms with Gasteiger partial charge >= 0.3 is 6.03 Å². The summed E-state index contributed by atoms with van der Waals surface area (Å²) in [7, 11) is 0. The number of aromatic nitrogens is 2. The maximum Gasteiger partial charge on any atom is 0.317 e. The summed E-state index contributed by atoms with van der Waals surface area (Å²) in [5.74, 6) is 1.40. The number of fused-ring (bicyclic) bond motifs is 1. The molecule has 8 nitrogen and oxygen atoms in total. The number of carbonyl (C=O) groups excluding carboxylic acids is 2. The van der Waals surface area contributed by atoms with Crippen molar-refractivity contribution in [1.29, 1.82) is 0 Å². The second-order valence-corrected chi connectivity index (χ2v) is 9.31. The van der Waals surface area contributed by atoms with Crippen LogP contribution in [0.1, 0.15) is 37.4 Å². The van der Waals surface area contributed by atoms with E-state index in [9.17, 15) is 9.59 Å². The number of carbonyl (C=O) groups is 2. The summed E-state index contributed by atoms with van der Waals surface area (Å²) in [6.45, 7) is 3.48. The third kappa shape index (κ3) is 5.39. The molecule has 2 aliphatic heterocycles. The van der Waals surface area contributed by atoms with Gasteiger partial charge < -0.3 is 20.5 Å². The summed E-state index contributed by atoms with van der Waals surface area (Å²) in [6.07, 6.45) is 3.56. The smallest absolute Gasteiger partial charge is 0.317 e. The van der Waals surface area contributed by atoms with Gasteiger partial charge in [0.05, 0.1) is 17.6 Å². The second kappa shape index (κ2) is 10.3. The van der Waals surface area contributed by atoms with Crippen molar-refractivity contribution >= 4 is 28.7 Å². The molecule has 5 rings (SSSR count). The number of nitrogens with one attached hydrogen (secondary N) is 3. The predicted molar refractivity (Wildman–Crippen MR) is 133 cm³/mol. The monoisotopic (exact) mass is 460 g/mol. The van der Waals surface area contributed by atoms with Crippen LogP contribution in [-0.4, -0.2) is 70.5 Å². The lowest BCUT2D eigenvalue weighted by molar-refractivity contribution is -0.117. The average molecular weight is 461 g/mol. The molecule has 34 heavy (non-hydrogen) atoms. The van der Waals surface area contributed by atoms with E-state index in [1.54, 1.807) is 0 Å². The third-order valence-electron chi connectivity index (χ3n) is 6.92. The van der Waals surface area contributed by atoms with E-state index in [0.29, 0.717) is 12.5 Å². The molecule has 2 saturated heterocycles. The van der Waals surface area contributed by atoms with Gasteiger partial charge in [0.1, 0.15) is 5.82 Å². The molecule has 2 aromatic carbocycles. The number of anilines is 1. The number of urea groups is 1. The number of aromatic amines is 1. The SMILES string of the molecule is O=C(CN1CCC(NC(=O)N2CCC(c3nc4ccccc4[nH]3)CC2)CC1)Nc1ccccc1. The van der Waals surface area contributed by atoms with Gasteiger partial charge in [0, 0.05) is 43.8 Å². The number of nitrogens with zero attached hydrogens (tertiary/aromatic N) is 3. The molecule has 8 heteroatoms. The molecule has 2 aliphatic rings. The summed E-state index contributed by atoms with van der Waals surface area (Å²) in [6, 6.07) is 17.8. The first-order chi connectivity index (χ1) is 16.6. The Labute approximate surface area is 199 Å². The summed E-state index contributed by atoms with van der Waals surface area (Å²) in [4.78, 5) is 37.4. The van der Waals surface area contributed by atoms with Gasteiger partial charge in [-0.2, -0.15) is 0 Å². The summed E-state index contributed by atoms with van der Waals surface area (Å²) >= 11 is 0. The van der Waals surface area contributed by atoms with E-state index >= 15 is 0 Å². The lowest BCUT2D eigenvalue weighted by atomic mass is 9.96. The Hall–Kier alpha value is -3.39. The molecular weight excluding hydrogens is 428 g/mol. The van der Waals surface area contributed by atoms with Gasteiger partial charge in [-0.3, -0.25) is 9.69 Å². The minimum absolute atomic E-state index is 0.000935. The largest absolute Gasteiger partial charge is 0.342 e. The molecule has 0 spiro atoms. The molecule has 3 aromatic rings. The Morgan fingerprint density at radius 1 is 0.912 bits per heavy atom. The number of rotatable bonds is 5. The lowest BCUT2D eigenvalue weighted by Crippen LogP contribution is -2.51. The van der Waals surface area contributed by atoms with E-state index in [1.807, 2.05) is 53.4 Å². The van der Waals surface area contributed by atoms with E-state index < -0.39 is 0 Å². The molecular formula is C26H32N6O2. The van der Waals surface area contributed by atoms with Gasteiger partial charge in [0.2, 0.25) is 5.91 Å². The third-order valence-corrected chi connectivity index (χ3v) is 6.92. The maximum atomic E-state index is 12.8. The molecule has 0 atom stereocenters. The molecule has 0 saturated carbocycles. The van der Waals surface area contributed by atoms with Gasteiger partial charge in [-0.25, -0.2) is 9.78 Å². The maximum absolute atomic E-state index is 12.8. The van der Waals surface area contributed by atoms with Crippen LogP contribution in [0, 0.1) is 0 Å². The number of amides is 3. The van der Waals surface area contributed by atoms with Gasteiger partial charge in [-0.05, 0) is 49.9 Å². The molecule has 3 heterocycles. The first-order valence-corrected chi connectivity index (χ1v) is 12.2. The number of piperidine rings is 2. The number of H-pyrrole nitrogens is 1. The molecule has 0 radical (unpaired) electrons. The van der Waals surface area contributed by atoms with Crippen molar-refractivity contribution in [2.24, 2.45) is 0 Å². The highest BCUT2D eigenvalue weighted by Gasteiger charge is 2.28. The molecule has 0 aliphatic carbocycles. The van der Waals surface area contributed by atoms with Crippen LogP contribution in [0.2, 0.25) is 0 Å². The lowest BCUT2D eigenvalue weighted by Gasteiger charge is -2.35. The number of para-hydroxylation sites is 3. The Bertz CT molecular complexity index is 1080. The minimum atomic E-state index is 0.000935. The zero-order valence-electron chi connectivity index (χ0n) is 19.4. The highest BCUT2D eigenvalue weighted by molar-refractivity contribution is 5.92. The van der Waals surface area contributed by atoms with Gasteiger partial charge in [0.15, 0.2) is 0 Å². The van der Waals surface area contributed by atoms with Gasteiger partial charge in [0.25, 0.3) is 0 Å². The number of hydrogen-bond acceptors (Lipinski definition) is 4. The normalized spacial score (nSPS) is 18.2. The zero-order valence-corrected chi connectivity index (χ0v) is 19.4. The van der Waals surface area contributed by atoms with Crippen LogP contribution in [0.5, 0.6) is 0 Å². The van der Waals surface area contributed by atoms with Crippen LogP contribution in [0.25, 0.3) is 11.0 Å². The second-order valence-electron chi connectivity index (χ2n) is 9.31. The van der Waals surface area contributed by atoms with Crippen molar-refractivity contribution in [2.75, 3.05) is 38.0 Å². The molecule has 3 amide bonds. The Balaban J connectivity index is 1.03. The van der Waals surface area contributed by atoms with Gasteiger partial charge in [-0.1, -0.05) is 30.3 Å². The van der Waals surface area contributed by atoms with Crippen molar-refractivity contribution in [3.8, 4) is 0 Å². The topological polar surface area (TPSA) is 93.4 Å². The molecule has 178 valence electrons. The summed E-state index contributed by atoms with van der Waals surface area (Å²) in [5, 5.41) is 6.15. The standard InChI is InChI=1S/C26H32N6O2/c33-24(27-20-6-2-1-3-7-20)18-31-14-12-21(13-15-31)28-26(34)32-16-10-19(11-17-32)25-29-22-8-4-5-9-23(22)30-25/h1-9,19,21H,10-18H2,(H,27,33)(H,28,34)(H,29,30). The molecule has 0 bridgehead atoms. The van der Waals surface area contributed by atoms with Crippen molar-refractivity contribution in [3.63, 3.8) is 0 Å². The van der Waals surface area contributed by atoms with E-state index in [-0.39, 0.29) is 18.0 Å². The first-order valence-electron chi connectivity index (χ1n) is 12.2. The number of hydrogen-bond donors (Lipinski definition) is 3. The number of likely N-dealkylation sites (tertiary alicyclic amines) is 2. The summed E-state index contributed by atoms with van der Waals surface area (Å²) in [5.41, 5.74) is 2.89. The Kier molecular flexibility index (Phi) is 6.76. The molecule has 2 fully saturated rings. The minimum Gasteiger partial charge on any atom is -0.342 e. The number of benzene rings is 2. The fourth-order valence-electron chi connectivity index (χ4n) is 4.95. The number of imidazole rings is 1. The molecule has 0 unspecified atom stereocenters. The van der Waals surface area contributed by atoms with Crippen molar-refractivity contribution < 1.29 is 9.59 Å².